The van der Waals surface area contributed by atoms with E-state index in [-0.39, 0.29) is 12.5 Å². The zero-order valence-corrected chi connectivity index (χ0v) is 12.2. The maximum atomic E-state index is 11.2. The van der Waals surface area contributed by atoms with Gasteiger partial charge in [-0.1, -0.05) is 42.5 Å². The highest BCUT2D eigenvalue weighted by atomic mass is 16.7. The van der Waals surface area contributed by atoms with E-state index in [1.165, 1.54) is 17.0 Å². The van der Waals surface area contributed by atoms with Crippen molar-refractivity contribution >= 4 is 16.9 Å². The average molecular weight is 296 g/mol. The van der Waals surface area contributed by atoms with Gasteiger partial charge in [-0.15, -0.1) is 0 Å². The molecule has 0 unspecified atom stereocenters. The molecule has 0 spiro atoms. The average Bonchev–Trinajstić information content (AvgIpc) is 2.94. The van der Waals surface area contributed by atoms with Crippen LogP contribution < -0.4 is 4.74 Å². The van der Waals surface area contributed by atoms with Crippen LogP contribution in [0.2, 0.25) is 0 Å². The second kappa shape index (κ2) is 6.30. The quantitative estimate of drug-likeness (QED) is 0.746. The molecule has 2 aromatic carbocycles. The second-order valence-electron chi connectivity index (χ2n) is 4.84. The number of H-pyrrole nitrogens is 1. The number of nitrogens with one attached hydrogen (secondary N) is 1. The molecule has 0 aliphatic heterocycles. The number of ether oxygens (including phenoxy) is 2. The van der Waals surface area contributed by atoms with Gasteiger partial charge in [-0.2, -0.15) is 0 Å². The minimum Gasteiger partial charge on any atom is -0.434 e. The normalized spacial score (nSPS) is 10.6. The van der Waals surface area contributed by atoms with Gasteiger partial charge in [0.15, 0.2) is 0 Å². The van der Waals surface area contributed by atoms with Crippen molar-refractivity contribution < 1.29 is 14.3 Å². The molecule has 0 saturated heterocycles. The maximum absolute atomic E-state index is 11.2. The number of imidazole rings is 1. The predicted molar refractivity (Wildman–Crippen MR) is 83.0 cm³/mol. The molecule has 0 bridgehead atoms. The van der Waals surface area contributed by atoms with Crippen LogP contribution in [-0.2, 0) is 11.2 Å². The summed E-state index contributed by atoms with van der Waals surface area (Å²) in [5.74, 6) is 1.02. The number of hydrogen-bond acceptors (Lipinski definition) is 4. The molecule has 0 aliphatic carbocycles. The van der Waals surface area contributed by atoms with E-state index in [2.05, 4.69) is 40.3 Å². The zero-order chi connectivity index (χ0) is 15.4. The van der Waals surface area contributed by atoms with Gasteiger partial charge in [0.25, 0.3) is 0 Å². The van der Waals surface area contributed by atoms with Crippen LogP contribution in [0.25, 0.3) is 10.8 Å². The lowest BCUT2D eigenvalue weighted by Gasteiger charge is -2.02. The molecule has 0 radical (unpaired) electrons. The van der Waals surface area contributed by atoms with Crippen LogP contribution in [-0.4, -0.2) is 22.7 Å². The van der Waals surface area contributed by atoms with E-state index >= 15 is 0 Å². The fourth-order valence-corrected chi connectivity index (χ4v) is 2.26. The number of aromatic nitrogens is 2. The Morgan fingerprint density at radius 1 is 1.18 bits per heavy atom. The zero-order valence-electron chi connectivity index (χ0n) is 12.2. The summed E-state index contributed by atoms with van der Waals surface area (Å²) < 4.78 is 9.68. The van der Waals surface area contributed by atoms with E-state index in [0.717, 1.165) is 11.4 Å². The second-order valence-corrected chi connectivity index (χ2v) is 4.84. The number of aromatic amines is 1. The summed E-state index contributed by atoms with van der Waals surface area (Å²) in [5, 5.41) is 2.39. The van der Waals surface area contributed by atoms with Crippen LogP contribution in [0.5, 0.6) is 5.88 Å². The van der Waals surface area contributed by atoms with Crippen LogP contribution in [0.3, 0.4) is 0 Å². The Labute approximate surface area is 127 Å². The first kappa shape index (κ1) is 14.1. The molecular weight excluding hydrogens is 280 g/mol. The molecule has 0 aliphatic rings. The third kappa shape index (κ3) is 3.25. The number of carbonyl (C=O) groups excluding carboxylic acids is 1. The van der Waals surface area contributed by atoms with Crippen molar-refractivity contribution in [2.24, 2.45) is 0 Å². The topological polar surface area (TPSA) is 64.2 Å². The predicted octanol–water partition coefficient (Wildman–Crippen LogP) is 3.69. The molecule has 1 heterocycles. The molecule has 0 saturated carbocycles. The van der Waals surface area contributed by atoms with Crippen molar-refractivity contribution in [2.75, 3.05) is 6.61 Å². The number of fused-ring (bicyclic) bond motifs is 1. The molecule has 0 amide bonds. The lowest BCUT2D eigenvalue weighted by atomic mass is 10.1. The maximum Gasteiger partial charge on any atom is 0.515 e. The van der Waals surface area contributed by atoms with Crippen molar-refractivity contribution in [1.29, 1.82) is 0 Å². The standard InChI is InChI=1S/C17H16N2O3/c1-2-21-17(20)22-16-11-18-15(19-16)10-12-7-8-13-5-3-4-6-14(13)9-12/h3-9,11H,2,10H2,1H3,(H,18,19). The van der Waals surface area contributed by atoms with Gasteiger partial charge in [0.1, 0.15) is 5.82 Å². The fourth-order valence-electron chi connectivity index (χ4n) is 2.26. The summed E-state index contributed by atoms with van der Waals surface area (Å²) in [4.78, 5) is 18.4. The van der Waals surface area contributed by atoms with Crippen LogP contribution >= 0.6 is 0 Å². The van der Waals surface area contributed by atoms with Gasteiger partial charge in [-0.05, 0) is 23.3 Å². The van der Waals surface area contributed by atoms with Gasteiger partial charge < -0.3 is 14.5 Å². The Morgan fingerprint density at radius 2 is 2.00 bits per heavy atom. The molecule has 3 rings (SSSR count). The Hall–Kier alpha value is -2.82. The number of benzene rings is 2. The number of carbonyl (C=O) groups is 1. The first-order valence-corrected chi connectivity index (χ1v) is 7.11. The Morgan fingerprint density at radius 3 is 2.82 bits per heavy atom. The first-order chi connectivity index (χ1) is 10.7. The molecule has 22 heavy (non-hydrogen) atoms. The van der Waals surface area contributed by atoms with Gasteiger partial charge in [-0.3, -0.25) is 0 Å². The van der Waals surface area contributed by atoms with Gasteiger partial charge >= 0.3 is 6.16 Å². The van der Waals surface area contributed by atoms with Crippen molar-refractivity contribution in [1.82, 2.24) is 9.97 Å². The summed E-state index contributed by atoms with van der Waals surface area (Å²) >= 11 is 0. The van der Waals surface area contributed by atoms with E-state index in [1.807, 2.05) is 12.1 Å². The molecule has 0 atom stereocenters. The minimum absolute atomic E-state index is 0.275. The molecule has 3 aromatic rings. The highest BCUT2D eigenvalue weighted by Crippen LogP contribution is 2.18. The van der Waals surface area contributed by atoms with Crippen molar-refractivity contribution in [2.45, 2.75) is 13.3 Å². The van der Waals surface area contributed by atoms with Crippen molar-refractivity contribution in [3.8, 4) is 5.88 Å². The summed E-state index contributed by atoms with van der Waals surface area (Å²) in [7, 11) is 0. The lowest BCUT2D eigenvalue weighted by molar-refractivity contribution is 0.103. The monoisotopic (exact) mass is 296 g/mol. The Bertz CT molecular complexity index is 795. The van der Waals surface area contributed by atoms with E-state index in [0.29, 0.717) is 6.42 Å². The van der Waals surface area contributed by atoms with E-state index in [4.69, 9.17) is 9.47 Å². The Balaban J connectivity index is 1.72. The van der Waals surface area contributed by atoms with Gasteiger partial charge in [0, 0.05) is 6.42 Å². The van der Waals surface area contributed by atoms with Gasteiger partial charge in [-0.25, -0.2) is 9.78 Å². The van der Waals surface area contributed by atoms with Crippen molar-refractivity contribution in [3.63, 3.8) is 0 Å². The Kier molecular flexibility index (Phi) is 4.05. The van der Waals surface area contributed by atoms with Crippen molar-refractivity contribution in [3.05, 3.63) is 60.0 Å². The third-order valence-corrected chi connectivity index (χ3v) is 3.25. The molecule has 5 heteroatoms. The molecule has 1 aromatic heterocycles. The van der Waals surface area contributed by atoms with Crippen LogP contribution in [0.15, 0.2) is 48.7 Å². The summed E-state index contributed by atoms with van der Waals surface area (Å²) in [5.41, 5.74) is 1.13. The van der Waals surface area contributed by atoms with E-state index < -0.39 is 6.16 Å². The first-order valence-electron chi connectivity index (χ1n) is 7.11. The number of hydrogen-bond donors (Lipinski definition) is 1. The molecule has 1 N–H and O–H groups in total. The van der Waals surface area contributed by atoms with Gasteiger partial charge in [0.05, 0.1) is 12.8 Å². The summed E-state index contributed by atoms with van der Waals surface area (Å²) in [6.45, 7) is 2.00. The minimum atomic E-state index is -0.733. The van der Waals surface area contributed by atoms with E-state index in [1.54, 1.807) is 6.92 Å². The SMILES string of the molecule is CCOC(=O)Oc1cnc(Cc2ccc3ccccc3c2)[nH]1. The molecule has 0 fully saturated rings. The van der Waals surface area contributed by atoms with Crippen LogP contribution in [0, 0.1) is 0 Å². The number of nitrogens with zero attached hydrogens (tertiary/aromatic N) is 1. The highest BCUT2D eigenvalue weighted by molar-refractivity contribution is 5.83. The largest absolute Gasteiger partial charge is 0.515 e. The summed E-state index contributed by atoms with van der Waals surface area (Å²) in [6.07, 6.45) is 1.38. The smallest absolute Gasteiger partial charge is 0.434 e. The van der Waals surface area contributed by atoms with Crippen LogP contribution in [0.1, 0.15) is 18.3 Å². The van der Waals surface area contributed by atoms with Gasteiger partial charge in [0.2, 0.25) is 5.88 Å². The van der Waals surface area contributed by atoms with E-state index in [9.17, 15) is 4.79 Å². The lowest BCUT2D eigenvalue weighted by Crippen LogP contribution is -2.10. The molecule has 5 nitrogen and oxygen atoms in total. The third-order valence-electron chi connectivity index (χ3n) is 3.25. The summed E-state index contributed by atoms with van der Waals surface area (Å²) in [6, 6.07) is 14.5. The number of rotatable bonds is 4. The molecular formula is C17H16N2O3. The van der Waals surface area contributed by atoms with Crippen LogP contribution in [0.4, 0.5) is 4.79 Å². The fraction of sp³-hybridized carbons (Fsp3) is 0.176. The molecule has 112 valence electrons. The highest BCUT2D eigenvalue weighted by Gasteiger charge is 2.08.